The van der Waals surface area contributed by atoms with Crippen molar-refractivity contribution in [2.45, 2.75) is 6.10 Å². The number of hydrogen-bond donors (Lipinski definition) is 1. The zero-order chi connectivity index (χ0) is 19.2. The number of hydrogen-bond acceptors (Lipinski definition) is 7. The molecule has 1 heterocycles. The molecule has 1 atom stereocenters. The van der Waals surface area contributed by atoms with E-state index in [-0.39, 0.29) is 6.61 Å². The van der Waals surface area contributed by atoms with E-state index in [2.05, 4.69) is 10.5 Å². The molecule has 1 aliphatic heterocycles. The molecule has 1 amide bonds. The van der Waals surface area contributed by atoms with E-state index in [9.17, 15) is 4.79 Å². The third-order valence-electron chi connectivity index (χ3n) is 3.92. The van der Waals surface area contributed by atoms with Gasteiger partial charge in [0.2, 0.25) is 6.10 Å². The highest BCUT2D eigenvalue weighted by molar-refractivity contribution is 5.89. The van der Waals surface area contributed by atoms with Crippen LogP contribution in [0.1, 0.15) is 5.56 Å². The molecule has 0 spiro atoms. The fourth-order valence-corrected chi connectivity index (χ4v) is 2.54. The first-order valence-corrected chi connectivity index (χ1v) is 8.17. The molecule has 0 radical (unpaired) electrons. The number of ether oxygens (including phenoxy) is 5. The van der Waals surface area contributed by atoms with Gasteiger partial charge in [0.05, 0.1) is 33.1 Å². The first kappa shape index (κ1) is 18.4. The summed E-state index contributed by atoms with van der Waals surface area (Å²) in [5, 5.41) is 3.98. The minimum Gasteiger partial charge on any atom is -0.496 e. The molecule has 0 bridgehead atoms. The molecule has 142 valence electrons. The summed E-state index contributed by atoms with van der Waals surface area (Å²) in [6.45, 7) is 0.105. The average Bonchev–Trinajstić information content (AvgIpc) is 2.72. The van der Waals surface area contributed by atoms with E-state index in [0.717, 1.165) is 0 Å². The fraction of sp³-hybridized carbons (Fsp3) is 0.263. The highest BCUT2D eigenvalue weighted by Gasteiger charge is 2.27. The van der Waals surface area contributed by atoms with Gasteiger partial charge >= 0.3 is 0 Å². The van der Waals surface area contributed by atoms with E-state index in [0.29, 0.717) is 34.3 Å². The molecule has 1 N–H and O–H groups in total. The highest BCUT2D eigenvalue weighted by Crippen LogP contribution is 2.33. The fourth-order valence-electron chi connectivity index (χ4n) is 2.54. The summed E-state index contributed by atoms with van der Waals surface area (Å²) in [5.41, 5.74) is 3.01. The van der Waals surface area contributed by atoms with Crippen LogP contribution in [0, 0.1) is 0 Å². The van der Waals surface area contributed by atoms with Gasteiger partial charge in [0.15, 0.2) is 11.5 Å². The van der Waals surface area contributed by atoms with Crippen molar-refractivity contribution in [2.75, 3.05) is 27.9 Å². The molecule has 8 heteroatoms. The number of carbonyl (C=O) groups excluding carboxylic acids is 1. The number of para-hydroxylation sites is 2. The van der Waals surface area contributed by atoms with Crippen LogP contribution in [-0.4, -0.2) is 46.2 Å². The number of hydrazone groups is 1. The molecule has 0 saturated carbocycles. The lowest BCUT2D eigenvalue weighted by Gasteiger charge is -2.24. The van der Waals surface area contributed by atoms with Crippen LogP contribution in [0.5, 0.6) is 28.7 Å². The van der Waals surface area contributed by atoms with Crippen LogP contribution in [-0.2, 0) is 4.79 Å². The van der Waals surface area contributed by atoms with Crippen molar-refractivity contribution in [3.05, 3.63) is 42.0 Å². The molecule has 0 aromatic heterocycles. The lowest BCUT2D eigenvalue weighted by molar-refractivity contribution is -0.130. The molecule has 3 rings (SSSR count). The van der Waals surface area contributed by atoms with Gasteiger partial charge in [-0.05, 0) is 12.1 Å². The van der Waals surface area contributed by atoms with Gasteiger partial charge < -0.3 is 23.7 Å². The molecular weight excluding hydrogens is 352 g/mol. The van der Waals surface area contributed by atoms with Crippen LogP contribution in [0.4, 0.5) is 0 Å². The Hall–Kier alpha value is -3.42. The van der Waals surface area contributed by atoms with Crippen LogP contribution in [0.15, 0.2) is 41.5 Å². The van der Waals surface area contributed by atoms with Gasteiger partial charge in [-0.25, -0.2) is 5.43 Å². The van der Waals surface area contributed by atoms with Gasteiger partial charge in [-0.3, -0.25) is 4.79 Å². The normalized spacial score (nSPS) is 15.3. The standard InChI is InChI=1S/C19H20N2O6/c1-23-12-8-16(24-2)13(17(9-12)25-3)10-20-21-19(22)18-11-26-14-6-4-5-7-15(14)27-18/h4-10,18H,11H2,1-3H3,(H,21,22)/b20-10+. The number of nitrogens with one attached hydrogen (secondary N) is 1. The zero-order valence-electron chi connectivity index (χ0n) is 15.2. The minimum atomic E-state index is -0.795. The minimum absolute atomic E-state index is 0.105. The second-order valence-corrected chi connectivity index (χ2v) is 5.54. The second kappa shape index (κ2) is 8.31. The number of fused-ring (bicyclic) bond motifs is 1. The van der Waals surface area contributed by atoms with Crippen LogP contribution < -0.4 is 29.1 Å². The lowest BCUT2D eigenvalue weighted by atomic mass is 10.2. The molecule has 2 aromatic carbocycles. The predicted molar refractivity (Wildman–Crippen MR) is 98.2 cm³/mol. The van der Waals surface area contributed by atoms with Crippen molar-refractivity contribution >= 4 is 12.1 Å². The second-order valence-electron chi connectivity index (χ2n) is 5.54. The van der Waals surface area contributed by atoms with E-state index in [1.165, 1.54) is 20.4 Å². The molecule has 1 unspecified atom stereocenters. The maximum atomic E-state index is 12.3. The number of amides is 1. The Morgan fingerprint density at radius 1 is 1.11 bits per heavy atom. The SMILES string of the molecule is COc1cc(OC)c(/C=N/NC(=O)C2COc3ccccc3O2)c(OC)c1. The van der Waals surface area contributed by atoms with Crippen LogP contribution >= 0.6 is 0 Å². The number of benzene rings is 2. The van der Waals surface area contributed by atoms with E-state index in [1.54, 1.807) is 31.4 Å². The monoisotopic (exact) mass is 372 g/mol. The predicted octanol–water partition coefficient (Wildman–Crippen LogP) is 2.00. The average molecular weight is 372 g/mol. The lowest BCUT2D eigenvalue weighted by Crippen LogP contribution is -2.42. The van der Waals surface area contributed by atoms with Crippen molar-refractivity contribution in [1.82, 2.24) is 5.43 Å². The number of rotatable bonds is 6. The summed E-state index contributed by atoms with van der Waals surface area (Å²) < 4.78 is 27.0. The Morgan fingerprint density at radius 3 is 2.41 bits per heavy atom. The van der Waals surface area contributed by atoms with Crippen LogP contribution in [0.3, 0.4) is 0 Å². The number of methoxy groups -OCH3 is 3. The first-order chi connectivity index (χ1) is 13.2. The summed E-state index contributed by atoms with van der Waals surface area (Å²) in [4.78, 5) is 12.3. The number of nitrogens with zero attached hydrogens (tertiary/aromatic N) is 1. The molecule has 1 aliphatic rings. The van der Waals surface area contributed by atoms with Gasteiger partial charge in [-0.15, -0.1) is 0 Å². The summed E-state index contributed by atoms with van der Waals surface area (Å²) in [5.74, 6) is 2.28. The van der Waals surface area contributed by atoms with E-state index >= 15 is 0 Å². The van der Waals surface area contributed by atoms with Gasteiger partial charge in [0, 0.05) is 12.1 Å². The van der Waals surface area contributed by atoms with Gasteiger partial charge in [0.1, 0.15) is 23.9 Å². The summed E-state index contributed by atoms with van der Waals surface area (Å²) in [7, 11) is 4.59. The third kappa shape index (κ3) is 4.05. The Morgan fingerprint density at radius 2 is 1.78 bits per heavy atom. The van der Waals surface area contributed by atoms with Crippen molar-refractivity contribution < 1.29 is 28.5 Å². The summed E-state index contributed by atoms with van der Waals surface area (Å²) in [6, 6.07) is 10.6. The Kier molecular flexibility index (Phi) is 5.65. The molecule has 0 fully saturated rings. The molecule has 0 saturated heterocycles. The third-order valence-corrected chi connectivity index (χ3v) is 3.92. The topological polar surface area (TPSA) is 87.6 Å². The summed E-state index contributed by atoms with van der Waals surface area (Å²) >= 11 is 0. The molecule has 8 nitrogen and oxygen atoms in total. The van der Waals surface area contributed by atoms with Gasteiger partial charge in [0.25, 0.3) is 5.91 Å². The van der Waals surface area contributed by atoms with E-state index in [1.807, 2.05) is 12.1 Å². The Labute approximate surface area is 156 Å². The smallest absolute Gasteiger partial charge is 0.284 e. The quantitative estimate of drug-likeness (QED) is 0.616. The Balaban J connectivity index is 1.70. The van der Waals surface area contributed by atoms with Gasteiger partial charge in [-0.1, -0.05) is 12.1 Å². The maximum Gasteiger partial charge on any atom is 0.284 e. The van der Waals surface area contributed by atoms with E-state index in [4.69, 9.17) is 23.7 Å². The molecular formula is C19H20N2O6. The molecule has 27 heavy (non-hydrogen) atoms. The maximum absolute atomic E-state index is 12.3. The van der Waals surface area contributed by atoms with Crippen molar-refractivity contribution in [3.63, 3.8) is 0 Å². The summed E-state index contributed by atoms with van der Waals surface area (Å²) in [6.07, 6.45) is 0.642. The molecule has 0 aliphatic carbocycles. The zero-order valence-corrected chi connectivity index (χ0v) is 15.2. The largest absolute Gasteiger partial charge is 0.496 e. The first-order valence-electron chi connectivity index (χ1n) is 8.17. The van der Waals surface area contributed by atoms with Crippen molar-refractivity contribution in [3.8, 4) is 28.7 Å². The highest BCUT2D eigenvalue weighted by atomic mass is 16.6. The van der Waals surface area contributed by atoms with Crippen LogP contribution in [0.2, 0.25) is 0 Å². The van der Waals surface area contributed by atoms with Crippen molar-refractivity contribution in [1.29, 1.82) is 0 Å². The van der Waals surface area contributed by atoms with Crippen molar-refractivity contribution in [2.24, 2.45) is 5.10 Å². The number of carbonyl (C=O) groups is 1. The molecule has 2 aromatic rings. The Bertz CT molecular complexity index is 827. The van der Waals surface area contributed by atoms with Crippen LogP contribution in [0.25, 0.3) is 0 Å². The van der Waals surface area contributed by atoms with E-state index < -0.39 is 12.0 Å². The van der Waals surface area contributed by atoms with Gasteiger partial charge in [-0.2, -0.15) is 5.10 Å².